The van der Waals surface area contributed by atoms with Gasteiger partial charge in [-0.25, -0.2) is 0 Å². The van der Waals surface area contributed by atoms with E-state index >= 15 is 0 Å². The van der Waals surface area contributed by atoms with E-state index in [2.05, 4.69) is 19.7 Å². The van der Waals surface area contributed by atoms with E-state index in [1.165, 1.54) is 0 Å². The molecular formula is C15H20N2S2. The minimum absolute atomic E-state index is 0.634. The molecule has 0 aliphatic carbocycles. The van der Waals surface area contributed by atoms with Crippen molar-refractivity contribution in [3.8, 4) is 0 Å². The number of allylic oxidation sites excluding steroid dienone is 7. The lowest BCUT2D eigenvalue weighted by molar-refractivity contribution is 1.39. The molecule has 0 saturated heterocycles. The summed E-state index contributed by atoms with van der Waals surface area (Å²) in [6.45, 7) is 13.0. The third kappa shape index (κ3) is 8.24. The summed E-state index contributed by atoms with van der Waals surface area (Å²) in [5.41, 5.74) is 12.9. The highest BCUT2D eigenvalue weighted by molar-refractivity contribution is 8.79. The molecule has 0 unspecified atom stereocenters. The third-order valence-corrected chi connectivity index (χ3v) is 4.34. The second-order valence-corrected chi connectivity index (χ2v) is 5.64. The average molecular weight is 292 g/mol. The zero-order chi connectivity index (χ0) is 14.7. The molecule has 102 valence electrons. The second-order valence-electron chi connectivity index (χ2n) is 3.36. The predicted molar refractivity (Wildman–Crippen MR) is 92.2 cm³/mol. The van der Waals surface area contributed by atoms with Gasteiger partial charge in [0.1, 0.15) is 0 Å². The van der Waals surface area contributed by atoms with Crippen LogP contribution in [-0.2, 0) is 0 Å². The van der Waals surface area contributed by atoms with Gasteiger partial charge in [-0.05, 0) is 25.2 Å². The monoisotopic (exact) mass is 292 g/mol. The van der Waals surface area contributed by atoms with Gasteiger partial charge in [0.25, 0.3) is 0 Å². The zero-order valence-electron chi connectivity index (χ0n) is 11.1. The van der Waals surface area contributed by atoms with Gasteiger partial charge in [0, 0.05) is 21.2 Å². The molecule has 0 aliphatic heterocycles. The van der Waals surface area contributed by atoms with Crippen molar-refractivity contribution in [2.24, 2.45) is 11.5 Å². The topological polar surface area (TPSA) is 52.0 Å². The van der Waals surface area contributed by atoms with Crippen LogP contribution in [0.4, 0.5) is 0 Å². The van der Waals surface area contributed by atoms with E-state index in [1.54, 1.807) is 45.9 Å². The van der Waals surface area contributed by atoms with E-state index in [-0.39, 0.29) is 0 Å². The van der Waals surface area contributed by atoms with Crippen molar-refractivity contribution in [3.05, 3.63) is 83.5 Å². The molecule has 0 amide bonds. The van der Waals surface area contributed by atoms with Crippen molar-refractivity contribution >= 4 is 21.6 Å². The van der Waals surface area contributed by atoms with E-state index in [0.29, 0.717) is 11.4 Å². The first-order valence-corrected chi connectivity index (χ1v) is 7.75. The van der Waals surface area contributed by atoms with Crippen molar-refractivity contribution in [2.75, 3.05) is 0 Å². The molecule has 4 heteroatoms. The van der Waals surface area contributed by atoms with Gasteiger partial charge < -0.3 is 11.5 Å². The van der Waals surface area contributed by atoms with E-state index in [0.717, 1.165) is 9.81 Å². The van der Waals surface area contributed by atoms with Crippen molar-refractivity contribution in [2.45, 2.75) is 6.92 Å². The van der Waals surface area contributed by atoms with Crippen LogP contribution >= 0.6 is 21.6 Å². The summed E-state index contributed by atoms with van der Waals surface area (Å²) in [4.78, 5) is 1.92. The van der Waals surface area contributed by atoms with E-state index in [9.17, 15) is 0 Å². The Morgan fingerprint density at radius 3 is 1.74 bits per heavy atom. The summed E-state index contributed by atoms with van der Waals surface area (Å²) < 4.78 is 0. The Balaban J connectivity index is 4.79. The molecule has 0 rings (SSSR count). The molecule has 0 aliphatic rings. The van der Waals surface area contributed by atoms with Crippen LogP contribution in [0.2, 0.25) is 0 Å². The van der Waals surface area contributed by atoms with Gasteiger partial charge in [0.15, 0.2) is 0 Å². The first kappa shape index (κ1) is 17.5. The van der Waals surface area contributed by atoms with Gasteiger partial charge >= 0.3 is 0 Å². The van der Waals surface area contributed by atoms with Crippen molar-refractivity contribution in [3.63, 3.8) is 0 Å². The SMILES string of the molecule is C=C/C=C(N)\C=C(/C=C)SS/C(C=C)=C/C(N)=C\C. The Hall–Kier alpha value is -1.52. The summed E-state index contributed by atoms with van der Waals surface area (Å²) in [6, 6.07) is 0. The second kappa shape index (κ2) is 10.4. The summed E-state index contributed by atoms with van der Waals surface area (Å²) in [7, 11) is 3.09. The van der Waals surface area contributed by atoms with Crippen molar-refractivity contribution in [1.29, 1.82) is 0 Å². The number of hydrogen-bond donors (Lipinski definition) is 2. The quantitative estimate of drug-likeness (QED) is 0.514. The standard InChI is InChI=1S/C15H20N2S2/c1-5-9-13(17)11-15(8-4)19-18-14(7-3)10-12(16)6-2/h5-11H,1,3-4,16-17H2,2H3/b12-6+,13-9+,14-10+,15-11+. The van der Waals surface area contributed by atoms with Crippen LogP contribution < -0.4 is 11.5 Å². The summed E-state index contributed by atoms with van der Waals surface area (Å²) in [5.74, 6) is 0. The van der Waals surface area contributed by atoms with Crippen LogP contribution in [0.15, 0.2) is 83.5 Å². The van der Waals surface area contributed by atoms with Gasteiger partial charge in [-0.3, -0.25) is 0 Å². The highest BCUT2D eigenvalue weighted by Crippen LogP contribution is 2.37. The smallest absolute Gasteiger partial charge is 0.0325 e. The summed E-state index contributed by atoms with van der Waals surface area (Å²) in [6.07, 6.45) is 12.4. The van der Waals surface area contributed by atoms with Crippen LogP contribution in [0, 0.1) is 0 Å². The molecule has 0 aromatic carbocycles. The van der Waals surface area contributed by atoms with E-state index < -0.39 is 0 Å². The maximum absolute atomic E-state index is 5.78. The minimum Gasteiger partial charge on any atom is -0.399 e. The Kier molecular flexibility index (Phi) is 9.57. The molecule has 4 N–H and O–H groups in total. The van der Waals surface area contributed by atoms with Crippen molar-refractivity contribution in [1.82, 2.24) is 0 Å². The number of hydrogen-bond acceptors (Lipinski definition) is 4. The van der Waals surface area contributed by atoms with Crippen LogP contribution in [-0.4, -0.2) is 0 Å². The maximum Gasteiger partial charge on any atom is 0.0325 e. The van der Waals surface area contributed by atoms with E-state index in [1.807, 2.05) is 25.2 Å². The first-order chi connectivity index (χ1) is 9.07. The molecule has 0 atom stereocenters. The molecule has 0 radical (unpaired) electrons. The highest BCUT2D eigenvalue weighted by Gasteiger charge is 1.99. The van der Waals surface area contributed by atoms with Gasteiger partial charge in [-0.2, -0.15) is 0 Å². The van der Waals surface area contributed by atoms with Crippen LogP contribution in [0.25, 0.3) is 0 Å². The number of rotatable bonds is 8. The predicted octanol–water partition coefficient (Wildman–Crippen LogP) is 4.40. The molecule has 0 fully saturated rings. The van der Waals surface area contributed by atoms with Crippen LogP contribution in [0.3, 0.4) is 0 Å². The fourth-order valence-electron chi connectivity index (χ4n) is 0.926. The fraction of sp³-hybridized carbons (Fsp3) is 0.0667. The molecule has 0 aromatic rings. The first-order valence-electron chi connectivity index (χ1n) is 5.60. The van der Waals surface area contributed by atoms with Gasteiger partial charge in [-0.15, -0.1) is 0 Å². The molecule has 0 spiro atoms. The molecule has 19 heavy (non-hydrogen) atoms. The molecule has 0 saturated carbocycles. The van der Waals surface area contributed by atoms with Crippen LogP contribution in [0.1, 0.15) is 6.92 Å². The lowest BCUT2D eigenvalue weighted by Gasteiger charge is -2.03. The minimum atomic E-state index is 0.634. The maximum atomic E-state index is 5.78. The van der Waals surface area contributed by atoms with E-state index in [4.69, 9.17) is 11.5 Å². The normalized spacial score (nSPS) is 14.2. The molecule has 0 bridgehead atoms. The molecule has 2 nitrogen and oxygen atoms in total. The highest BCUT2D eigenvalue weighted by atomic mass is 33.1. The van der Waals surface area contributed by atoms with Crippen LogP contribution in [0.5, 0.6) is 0 Å². The van der Waals surface area contributed by atoms with Gasteiger partial charge in [-0.1, -0.05) is 65.6 Å². The molecule has 0 heterocycles. The largest absolute Gasteiger partial charge is 0.399 e. The summed E-state index contributed by atoms with van der Waals surface area (Å²) in [5, 5.41) is 0. The van der Waals surface area contributed by atoms with Gasteiger partial charge in [0.05, 0.1) is 0 Å². The average Bonchev–Trinajstić information content (AvgIpc) is 2.41. The fourth-order valence-corrected chi connectivity index (χ4v) is 2.90. The Labute approximate surface area is 123 Å². The zero-order valence-corrected chi connectivity index (χ0v) is 12.8. The number of nitrogens with two attached hydrogens (primary N) is 2. The Morgan fingerprint density at radius 1 is 0.895 bits per heavy atom. The Bertz CT molecular complexity index is 455. The lowest BCUT2D eigenvalue weighted by Crippen LogP contribution is -1.92. The van der Waals surface area contributed by atoms with Crippen molar-refractivity contribution < 1.29 is 0 Å². The summed E-state index contributed by atoms with van der Waals surface area (Å²) >= 11 is 0. The lowest BCUT2D eigenvalue weighted by atomic mass is 10.3. The third-order valence-electron chi connectivity index (χ3n) is 1.90. The molecule has 0 aromatic heterocycles. The van der Waals surface area contributed by atoms with Gasteiger partial charge in [0.2, 0.25) is 0 Å². The Morgan fingerprint density at radius 2 is 1.37 bits per heavy atom. The molecular weight excluding hydrogens is 272 g/mol.